The monoisotopic (exact) mass is 489 g/mol. The van der Waals surface area contributed by atoms with Crippen LogP contribution < -0.4 is 9.47 Å². The first-order valence-corrected chi connectivity index (χ1v) is 12.8. The van der Waals surface area contributed by atoms with Gasteiger partial charge in [-0.15, -0.1) is 0 Å². The molecule has 0 N–H and O–H groups in total. The second kappa shape index (κ2) is 11.1. The van der Waals surface area contributed by atoms with Gasteiger partial charge in [0.1, 0.15) is 36.1 Å². The van der Waals surface area contributed by atoms with Crippen LogP contribution in [0.1, 0.15) is 30.7 Å². The minimum atomic E-state index is 0.388. The third-order valence-corrected chi connectivity index (χ3v) is 6.97. The molecule has 5 rings (SSSR count). The molecule has 182 valence electrons. The second-order valence-corrected chi connectivity index (χ2v) is 9.82. The number of ether oxygens (including phenoxy) is 2. The zero-order valence-electron chi connectivity index (χ0n) is 20.2. The van der Waals surface area contributed by atoms with Gasteiger partial charge in [0.05, 0.1) is 5.52 Å². The molecule has 3 aromatic carbocycles. The van der Waals surface area contributed by atoms with Crippen molar-refractivity contribution in [2.75, 3.05) is 20.1 Å². The van der Waals surface area contributed by atoms with Crippen molar-refractivity contribution < 1.29 is 9.47 Å². The maximum absolute atomic E-state index is 6.22. The fourth-order valence-corrected chi connectivity index (χ4v) is 5.01. The molecule has 0 radical (unpaired) electrons. The first-order valence-electron chi connectivity index (χ1n) is 12.4. The van der Waals surface area contributed by atoms with Gasteiger partial charge in [-0.25, -0.2) is 4.98 Å². The van der Waals surface area contributed by atoms with Crippen LogP contribution >= 0.6 is 11.6 Å². The van der Waals surface area contributed by atoms with Crippen LogP contribution in [0, 0.1) is 5.92 Å². The Morgan fingerprint density at radius 2 is 1.77 bits per heavy atom. The molecule has 0 spiro atoms. The van der Waals surface area contributed by atoms with E-state index in [0.717, 1.165) is 53.4 Å². The van der Waals surface area contributed by atoms with Crippen LogP contribution in [0.2, 0.25) is 5.02 Å². The number of fused-ring (bicyclic) bond motifs is 1. The summed E-state index contributed by atoms with van der Waals surface area (Å²) in [5.74, 6) is 3.20. The SMILES string of the molecule is CN1CCC[C@@H](CCn2c(COc3ccc(Cl)cc3)nc3c(OCc4ccccc4)cccc32)C1. The Labute approximate surface area is 212 Å². The molecule has 1 aliphatic rings. The highest BCUT2D eigenvalue weighted by Crippen LogP contribution is 2.29. The molecule has 0 amide bonds. The van der Waals surface area contributed by atoms with E-state index in [1.807, 2.05) is 48.5 Å². The van der Waals surface area contributed by atoms with Crippen LogP contribution in [-0.2, 0) is 19.8 Å². The number of imidazole rings is 1. The third kappa shape index (κ3) is 5.98. The van der Waals surface area contributed by atoms with E-state index in [-0.39, 0.29) is 0 Å². The summed E-state index contributed by atoms with van der Waals surface area (Å²) >= 11 is 6.03. The topological polar surface area (TPSA) is 39.5 Å². The maximum Gasteiger partial charge on any atom is 0.148 e. The summed E-state index contributed by atoms with van der Waals surface area (Å²) in [6.45, 7) is 4.18. The molecule has 0 unspecified atom stereocenters. The average Bonchev–Trinajstić information content (AvgIpc) is 3.24. The number of rotatable bonds is 9. The third-order valence-electron chi connectivity index (χ3n) is 6.72. The van der Waals surface area contributed by atoms with Gasteiger partial charge in [-0.3, -0.25) is 0 Å². The molecule has 5 nitrogen and oxygen atoms in total. The Kier molecular flexibility index (Phi) is 7.55. The van der Waals surface area contributed by atoms with Crippen LogP contribution in [0.4, 0.5) is 0 Å². The molecule has 4 aromatic rings. The molecule has 1 saturated heterocycles. The number of para-hydroxylation sites is 1. The smallest absolute Gasteiger partial charge is 0.148 e. The lowest BCUT2D eigenvalue weighted by molar-refractivity contribution is 0.196. The zero-order chi connectivity index (χ0) is 24.0. The van der Waals surface area contributed by atoms with E-state index >= 15 is 0 Å². The minimum Gasteiger partial charge on any atom is -0.487 e. The number of aryl methyl sites for hydroxylation is 1. The number of aromatic nitrogens is 2. The Morgan fingerprint density at radius 3 is 2.57 bits per heavy atom. The maximum atomic E-state index is 6.22. The van der Waals surface area contributed by atoms with Crippen molar-refractivity contribution in [3.63, 3.8) is 0 Å². The fourth-order valence-electron chi connectivity index (χ4n) is 4.88. The molecule has 0 saturated carbocycles. The minimum absolute atomic E-state index is 0.388. The number of piperidine rings is 1. The van der Waals surface area contributed by atoms with Crippen molar-refractivity contribution in [3.05, 3.63) is 89.2 Å². The van der Waals surface area contributed by atoms with Crippen molar-refractivity contribution in [3.8, 4) is 11.5 Å². The summed E-state index contributed by atoms with van der Waals surface area (Å²) in [7, 11) is 2.22. The highest BCUT2D eigenvalue weighted by atomic mass is 35.5. The lowest BCUT2D eigenvalue weighted by atomic mass is 9.95. The van der Waals surface area contributed by atoms with Gasteiger partial charge in [-0.2, -0.15) is 0 Å². The predicted octanol–water partition coefficient (Wildman–Crippen LogP) is 6.58. The number of hydrogen-bond acceptors (Lipinski definition) is 4. The summed E-state index contributed by atoms with van der Waals surface area (Å²) in [6.07, 6.45) is 3.69. The van der Waals surface area contributed by atoms with Crippen LogP contribution in [0.25, 0.3) is 11.0 Å². The number of benzene rings is 3. The molecule has 0 aliphatic carbocycles. The van der Waals surface area contributed by atoms with E-state index in [9.17, 15) is 0 Å². The van der Waals surface area contributed by atoms with Gasteiger partial charge in [0, 0.05) is 18.1 Å². The number of halogens is 1. The Bertz CT molecular complexity index is 1240. The van der Waals surface area contributed by atoms with Gasteiger partial charge in [0.2, 0.25) is 0 Å². The van der Waals surface area contributed by atoms with Gasteiger partial charge in [0.25, 0.3) is 0 Å². The lowest BCUT2D eigenvalue weighted by Gasteiger charge is -2.29. The average molecular weight is 490 g/mol. The molecular formula is C29H32ClN3O2. The largest absolute Gasteiger partial charge is 0.487 e. The van der Waals surface area contributed by atoms with Crippen LogP contribution in [0.15, 0.2) is 72.8 Å². The van der Waals surface area contributed by atoms with E-state index in [1.165, 1.54) is 19.4 Å². The molecule has 1 aliphatic heterocycles. The quantitative estimate of drug-likeness (QED) is 0.266. The molecule has 1 aromatic heterocycles. The number of likely N-dealkylation sites (tertiary alicyclic amines) is 1. The molecule has 1 fully saturated rings. The van der Waals surface area contributed by atoms with Crippen molar-refractivity contribution in [2.45, 2.75) is 39.0 Å². The normalized spacial score (nSPS) is 16.5. The van der Waals surface area contributed by atoms with E-state index in [2.05, 4.69) is 40.8 Å². The summed E-state index contributed by atoms with van der Waals surface area (Å²) in [4.78, 5) is 7.46. The van der Waals surface area contributed by atoms with Gasteiger partial charge in [-0.05, 0) is 80.7 Å². The van der Waals surface area contributed by atoms with Crippen molar-refractivity contribution in [1.82, 2.24) is 14.5 Å². The van der Waals surface area contributed by atoms with Crippen molar-refractivity contribution in [1.29, 1.82) is 0 Å². The van der Waals surface area contributed by atoms with Gasteiger partial charge < -0.3 is 18.9 Å². The van der Waals surface area contributed by atoms with Gasteiger partial charge in [-0.1, -0.05) is 48.0 Å². The summed E-state index contributed by atoms with van der Waals surface area (Å²) < 4.78 is 14.6. The predicted molar refractivity (Wildman–Crippen MR) is 141 cm³/mol. The Morgan fingerprint density at radius 1 is 0.943 bits per heavy atom. The summed E-state index contributed by atoms with van der Waals surface area (Å²) in [5, 5.41) is 0.697. The fraction of sp³-hybridized carbons (Fsp3) is 0.345. The van der Waals surface area contributed by atoms with Crippen LogP contribution in [-0.4, -0.2) is 34.6 Å². The molecule has 35 heavy (non-hydrogen) atoms. The van der Waals surface area contributed by atoms with Crippen molar-refractivity contribution >= 4 is 22.6 Å². The van der Waals surface area contributed by atoms with E-state index in [0.29, 0.717) is 24.2 Å². The molecule has 6 heteroatoms. The lowest BCUT2D eigenvalue weighted by Crippen LogP contribution is -2.32. The molecular weight excluding hydrogens is 458 g/mol. The number of nitrogens with zero attached hydrogens (tertiary/aromatic N) is 3. The highest BCUT2D eigenvalue weighted by molar-refractivity contribution is 6.30. The summed E-state index contributed by atoms with van der Waals surface area (Å²) in [5.41, 5.74) is 3.12. The second-order valence-electron chi connectivity index (χ2n) is 9.38. The Hall–Kier alpha value is -3.02. The van der Waals surface area contributed by atoms with Gasteiger partial charge in [0.15, 0.2) is 0 Å². The van der Waals surface area contributed by atoms with Crippen molar-refractivity contribution in [2.24, 2.45) is 5.92 Å². The first kappa shape index (κ1) is 23.7. The standard InChI is InChI=1S/C29H32ClN3O2/c1-32-17-6-9-22(19-32)16-18-33-26-10-5-11-27(35-20-23-7-3-2-4-8-23)29(26)31-28(33)21-34-25-14-12-24(30)13-15-25/h2-5,7-8,10-15,22H,6,9,16-21H2,1H3/t22-/m0/s1. The van der Waals surface area contributed by atoms with Crippen LogP contribution in [0.3, 0.4) is 0 Å². The Balaban J connectivity index is 1.40. The first-order chi connectivity index (χ1) is 17.2. The van der Waals surface area contributed by atoms with E-state index in [1.54, 1.807) is 0 Å². The van der Waals surface area contributed by atoms with Crippen LogP contribution in [0.5, 0.6) is 11.5 Å². The molecule has 1 atom stereocenters. The molecule has 0 bridgehead atoms. The van der Waals surface area contributed by atoms with E-state index in [4.69, 9.17) is 26.1 Å². The van der Waals surface area contributed by atoms with Gasteiger partial charge >= 0.3 is 0 Å². The zero-order valence-corrected chi connectivity index (χ0v) is 21.0. The number of hydrogen-bond donors (Lipinski definition) is 0. The molecule has 2 heterocycles. The van der Waals surface area contributed by atoms with E-state index < -0.39 is 0 Å². The summed E-state index contributed by atoms with van der Waals surface area (Å²) in [6, 6.07) is 23.9. The highest BCUT2D eigenvalue weighted by Gasteiger charge is 2.20.